The molecular weight excluding hydrogens is 508 g/mol. The second-order valence-electron chi connectivity index (χ2n) is 10.0. The lowest BCUT2D eigenvalue weighted by Crippen LogP contribution is -2.24. The van der Waals surface area contributed by atoms with Crippen molar-refractivity contribution in [2.24, 2.45) is 16.8 Å². The Morgan fingerprint density at radius 3 is 2.66 bits per heavy atom. The van der Waals surface area contributed by atoms with Crippen molar-refractivity contribution in [1.29, 1.82) is 0 Å². The van der Waals surface area contributed by atoms with Gasteiger partial charge in [-0.25, -0.2) is 9.37 Å². The number of dihydropyridines is 1. The molecule has 4 rings (SSSR count). The molecule has 1 fully saturated rings. The first-order chi connectivity index (χ1) is 17.8. The summed E-state index contributed by atoms with van der Waals surface area (Å²) in [5, 5.41) is 19.1. The van der Waals surface area contributed by atoms with Gasteiger partial charge in [-0.1, -0.05) is 11.6 Å². The number of pyridine rings is 1. The van der Waals surface area contributed by atoms with E-state index >= 15 is 0 Å². The minimum absolute atomic E-state index is 0.0251. The molecule has 38 heavy (non-hydrogen) atoms. The van der Waals surface area contributed by atoms with Gasteiger partial charge in [-0.2, -0.15) is 13.2 Å². The molecule has 204 valence electrons. The topological polar surface area (TPSA) is 101 Å². The van der Waals surface area contributed by atoms with Crippen LogP contribution in [0.2, 0.25) is 0 Å². The Bertz CT molecular complexity index is 1250. The molecule has 11 heteroatoms. The van der Waals surface area contributed by atoms with Gasteiger partial charge in [0.1, 0.15) is 5.82 Å². The molecule has 2 N–H and O–H groups in total. The van der Waals surface area contributed by atoms with Crippen LogP contribution in [0.25, 0.3) is 11.1 Å². The van der Waals surface area contributed by atoms with Crippen molar-refractivity contribution >= 4 is 12.2 Å². The van der Waals surface area contributed by atoms with E-state index in [0.29, 0.717) is 12.8 Å². The van der Waals surface area contributed by atoms with Crippen LogP contribution >= 0.6 is 0 Å². The number of hydrogen-bond acceptors (Lipinski definition) is 6. The summed E-state index contributed by atoms with van der Waals surface area (Å²) in [5.41, 5.74) is -1.26. The molecule has 2 aromatic rings. The number of halogens is 4. The number of nitrogens with zero attached hydrogens (tertiary/aromatic N) is 2. The SMILES string of the molecule is CC(C)(O)CCOc1cc(C(F)(F)F)c(-c2ccc(F)c(COC3C=C4CCC(C(=O)O)C4C=N3)c2)cn1. The fraction of sp³-hybridized carbons (Fsp3) is 0.444. The highest BCUT2D eigenvalue weighted by Gasteiger charge is 2.38. The van der Waals surface area contributed by atoms with Gasteiger partial charge in [0, 0.05) is 41.9 Å². The zero-order valence-corrected chi connectivity index (χ0v) is 20.8. The molecule has 1 aliphatic carbocycles. The lowest BCUT2D eigenvalue weighted by Gasteiger charge is -2.21. The van der Waals surface area contributed by atoms with E-state index in [9.17, 15) is 32.6 Å². The maximum atomic E-state index is 14.6. The second kappa shape index (κ2) is 10.8. The Balaban J connectivity index is 1.51. The normalized spacial score (nSPS) is 21.2. The molecule has 0 amide bonds. The molecule has 0 radical (unpaired) electrons. The van der Waals surface area contributed by atoms with Crippen molar-refractivity contribution in [2.45, 2.75) is 57.7 Å². The Labute approximate surface area is 216 Å². The Morgan fingerprint density at radius 1 is 1.21 bits per heavy atom. The van der Waals surface area contributed by atoms with Crippen LogP contribution in [-0.2, 0) is 22.3 Å². The maximum absolute atomic E-state index is 14.6. The quantitative estimate of drug-likeness (QED) is 0.328. The molecule has 1 aliphatic heterocycles. The van der Waals surface area contributed by atoms with Crippen LogP contribution in [0, 0.1) is 17.7 Å². The molecule has 1 aromatic carbocycles. The summed E-state index contributed by atoms with van der Waals surface area (Å²) in [6.07, 6.45) is 0.109. The predicted octanol–water partition coefficient (Wildman–Crippen LogP) is 5.41. The number of carboxylic acids is 1. The van der Waals surface area contributed by atoms with Gasteiger partial charge >= 0.3 is 12.1 Å². The number of carbonyl (C=O) groups is 1. The standard InChI is InChI=1S/C27H28F4N2O5/c1-26(2,36)7-8-37-24-11-21(27(29,30)31)20(13-33-24)15-4-6-22(28)17(9-15)14-38-23-10-16-3-5-18(25(34)35)19(16)12-32-23/h4,6,9-13,18-19,23,36H,3,5,7-8,14H2,1-2H3,(H,34,35). The molecule has 0 spiro atoms. The van der Waals surface area contributed by atoms with Gasteiger partial charge in [0.15, 0.2) is 6.23 Å². The van der Waals surface area contributed by atoms with Crippen molar-refractivity contribution in [2.75, 3.05) is 6.61 Å². The number of rotatable bonds is 9. The van der Waals surface area contributed by atoms with Crippen LogP contribution in [0.5, 0.6) is 5.88 Å². The summed E-state index contributed by atoms with van der Waals surface area (Å²) in [5.74, 6) is -2.60. The van der Waals surface area contributed by atoms with E-state index in [4.69, 9.17) is 9.47 Å². The molecule has 3 unspecified atom stereocenters. The van der Waals surface area contributed by atoms with Crippen LogP contribution in [0.4, 0.5) is 17.6 Å². The average Bonchev–Trinajstić information content (AvgIpc) is 3.26. The highest BCUT2D eigenvalue weighted by Crippen LogP contribution is 2.40. The number of aliphatic imine (C=N–C) groups is 1. The number of ether oxygens (including phenoxy) is 2. The number of aromatic nitrogens is 1. The highest BCUT2D eigenvalue weighted by atomic mass is 19.4. The number of benzene rings is 1. The molecule has 1 aromatic heterocycles. The van der Waals surface area contributed by atoms with Gasteiger partial charge < -0.3 is 19.7 Å². The van der Waals surface area contributed by atoms with E-state index in [2.05, 4.69) is 9.98 Å². The van der Waals surface area contributed by atoms with Crippen LogP contribution in [0.3, 0.4) is 0 Å². The third-order valence-corrected chi connectivity index (χ3v) is 6.59. The number of alkyl halides is 3. The van der Waals surface area contributed by atoms with E-state index in [1.54, 1.807) is 26.1 Å². The molecule has 0 saturated heterocycles. The minimum atomic E-state index is -4.73. The van der Waals surface area contributed by atoms with Crippen molar-refractivity contribution in [3.63, 3.8) is 0 Å². The molecule has 2 aliphatic rings. The predicted molar refractivity (Wildman–Crippen MR) is 130 cm³/mol. The van der Waals surface area contributed by atoms with Crippen molar-refractivity contribution in [3.8, 4) is 17.0 Å². The molecule has 7 nitrogen and oxygen atoms in total. The first-order valence-electron chi connectivity index (χ1n) is 12.1. The third kappa shape index (κ3) is 6.57. The van der Waals surface area contributed by atoms with Gasteiger partial charge in [0.25, 0.3) is 0 Å². The van der Waals surface area contributed by atoms with Crippen molar-refractivity contribution in [3.05, 3.63) is 59.1 Å². The average molecular weight is 537 g/mol. The molecule has 3 atom stereocenters. The van der Waals surface area contributed by atoms with Crippen LogP contribution < -0.4 is 4.74 Å². The van der Waals surface area contributed by atoms with Crippen LogP contribution in [0.1, 0.15) is 44.2 Å². The zero-order chi connectivity index (χ0) is 27.7. The van der Waals surface area contributed by atoms with Gasteiger partial charge in [0.05, 0.1) is 30.3 Å². The smallest absolute Gasteiger partial charge is 0.417 e. The molecular formula is C27H28F4N2O5. The fourth-order valence-electron chi connectivity index (χ4n) is 4.51. The first kappa shape index (κ1) is 27.7. The molecule has 2 heterocycles. The highest BCUT2D eigenvalue weighted by molar-refractivity contribution is 5.80. The van der Waals surface area contributed by atoms with E-state index in [0.717, 1.165) is 23.9 Å². The summed E-state index contributed by atoms with van der Waals surface area (Å²) < 4.78 is 67.2. The fourth-order valence-corrected chi connectivity index (χ4v) is 4.51. The first-order valence-corrected chi connectivity index (χ1v) is 12.1. The van der Waals surface area contributed by atoms with E-state index in [-0.39, 0.29) is 48.1 Å². The molecule has 1 saturated carbocycles. The van der Waals surface area contributed by atoms with E-state index in [1.165, 1.54) is 12.1 Å². The number of allylic oxidation sites excluding steroid dienone is 1. The number of fused-ring (bicyclic) bond motifs is 1. The maximum Gasteiger partial charge on any atom is 0.417 e. The summed E-state index contributed by atoms with van der Waals surface area (Å²) in [7, 11) is 0. The Hall–Kier alpha value is -3.31. The Morgan fingerprint density at radius 2 is 1.97 bits per heavy atom. The summed E-state index contributed by atoms with van der Waals surface area (Å²) in [4.78, 5) is 19.6. The van der Waals surface area contributed by atoms with Gasteiger partial charge in [-0.05, 0) is 50.5 Å². The summed E-state index contributed by atoms with van der Waals surface area (Å²) >= 11 is 0. The van der Waals surface area contributed by atoms with Gasteiger partial charge in [-0.15, -0.1) is 0 Å². The van der Waals surface area contributed by atoms with Gasteiger partial charge in [-0.3, -0.25) is 9.79 Å². The largest absolute Gasteiger partial charge is 0.481 e. The van der Waals surface area contributed by atoms with Crippen LogP contribution in [-0.4, -0.2) is 45.8 Å². The minimum Gasteiger partial charge on any atom is -0.481 e. The number of aliphatic carboxylic acids is 1. The zero-order valence-electron chi connectivity index (χ0n) is 20.8. The van der Waals surface area contributed by atoms with Crippen LogP contribution in [0.15, 0.2) is 47.1 Å². The van der Waals surface area contributed by atoms with Crippen molar-refractivity contribution in [1.82, 2.24) is 4.98 Å². The van der Waals surface area contributed by atoms with E-state index < -0.39 is 41.3 Å². The van der Waals surface area contributed by atoms with Gasteiger partial charge in [0.2, 0.25) is 5.88 Å². The molecule has 0 bridgehead atoms. The lowest BCUT2D eigenvalue weighted by molar-refractivity contribution is -0.142. The summed E-state index contributed by atoms with van der Waals surface area (Å²) in [6.45, 7) is 2.83. The lowest BCUT2D eigenvalue weighted by atomic mass is 9.93. The van der Waals surface area contributed by atoms with Crippen molar-refractivity contribution < 1.29 is 42.0 Å². The van der Waals surface area contributed by atoms with E-state index in [1.807, 2.05) is 0 Å². The number of carboxylic acid groups (broad SMARTS) is 1. The monoisotopic (exact) mass is 536 g/mol. The number of hydrogen-bond donors (Lipinski definition) is 2. The summed E-state index contributed by atoms with van der Waals surface area (Å²) in [6, 6.07) is 4.35. The number of aliphatic hydroxyl groups is 1. The second-order valence-corrected chi connectivity index (χ2v) is 10.0. The Kier molecular flexibility index (Phi) is 7.89. The third-order valence-electron chi connectivity index (χ3n) is 6.59.